The van der Waals surface area contributed by atoms with Gasteiger partial charge in [-0.15, -0.1) is 0 Å². The van der Waals surface area contributed by atoms with Crippen LogP contribution in [0.1, 0.15) is 18.3 Å². The molecule has 1 aliphatic heterocycles. The normalized spacial score (nSPS) is 16.7. The minimum atomic E-state index is -0.226. The summed E-state index contributed by atoms with van der Waals surface area (Å²) in [5.74, 6) is 0.660. The maximum atomic E-state index is 12.5. The van der Waals surface area contributed by atoms with E-state index in [4.69, 9.17) is 9.40 Å². The molecule has 0 amide bonds. The van der Waals surface area contributed by atoms with Crippen molar-refractivity contribution in [2.24, 2.45) is 0 Å². The minimum Gasteiger partial charge on any atom is -0.449 e. The van der Waals surface area contributed by atoms with Crippen LogP contribution in [0.25, 0.3) is 22.1 Å². The first kappa shape index (κ1) is 14.3. The van der Waals surface area contributed by atoms with E-state index < -0.39 is 0 Å². The van der Waals surface area contributed by atoms with Gasteiger partial charge < -0.3 is 14.3 Å². The molecule has 0 aliphatic carbocycles. The molecule has 0 bridgehead atoms. The summed E-state index contributed by atoms with van der Waals surface area (Å²) in [5, 5.41) is 0.875. The molecule has 0 fully saturated rings. The molecule has 5 rings (SSSR count). The summed E-state index contributed by atoms with van der Waals surface area (Å²) in [4.78, 5) is 22.3. The first-order valence-electron chi connectivity index (χ1n) is 8.46. The molecule has 5 heteroatoms. The zero-order valence-corrected chi connectivity index (χ0v) is 13.8. The third-order valence-electron chi connectivity index (χ3n) is 4.95. The molecule has 4 aromatic rings. The maximum absolute atomic E-state index is 12.5. The molecule has 124 valence electrons. The van der Waals surface area contributed by atoms with Crippen molar-refractivity contribution in [1.82, 2.24) is 9.97 Å². The molecule has 2 aromatic heterocycles. The fourth-order valence-corrected chi connectivity index (χ4v) is 3.75. The van der Waals surface area contributed by atoms with Crippen LogP contribution in [0.2, 0.25) is 0 Å². The number of benzene rings is 2. The third-order valence-corrected chi connectivity index (χ3v) is 4.95. The number of anilines is 1. The van der Waals surface area contributed by atoms with Crippen LogP contribution >= 0.6 is 0 Å². The van der Waals surface area contributed by atoms with Crippen LogP contribution in [0.3, 0.4) is 0 Å². The Labute approximate surface area is 143 Å². The van der Waals surface area contributed by atoms with Crippen molar-refractivity contribution in [3.8, 4) is 0 Å². The number of hydrogen-bond acceptors (Lipinski definition) is 4. The number of furan rings is 1. The molecule has 3 heterocycles. The van der Waals surface area contributed by atoms with Gasteiger partial charge in [-0.2, -0.15) is 0 Å². The van der Waals surface area contributed by atoms with Gasteiger partial charge in [-0.25, -0.2) is 4.98 Å². The number of hydrogen-bond donors (Lipinski definition) is 1. The van der Waals surface area contributed by atoms with Gasteiger partial charge in [-0.1, -0.05) is 30.3 Å². The summed E-state index contributed by atoms with van der Waals surface area (Å²) in [7, 11) is 0. The van der Waals surface area contributed by atoms with E-state index in [0.717, 1.165) is 11.8 Å². The Hall–Kier alpha value is -3.08. The highest BCUT2D eigenvalue weighted by Gasteiger charge is 2.26. The molecular formula is C20H17N3O2. The molecule has 0 unspecified atom stereocenters. The average molecular weight is 331 g/mol. The molecular weight excluding hydrogens is 314 g/mol. The van der Waals surface area contributed by atoms with Crippen molar-refractivity contribution in [2.75, 3.05) is 4.90 Å². The molecule has 25 heavy (non-hydrogen) atoms. The Morgan fingerprint density at radius 1 is 1.20 bits per heavy atom. The molecule has 1 aliphatic rings. The molecule has 0 radical (unpaired) electrons. The Kier molecular flexibility index (Phi) is 2.98. The van der Waals surface area contributed by atoms with Gasteiger partial charge in [-0.05, 0) is 37.1 Å². The lowest BCUT2D eigenvalue weighted by molar-refractivity contribution is 0.644. The Morgan fingerprint density at radius 2 is 2.00 bits per heavy atom. The molecule has 5 nitrogen and oxygen atoms in total. The van der Waals surface area contributed by atoms with Crippen LogP contribution in [0.5, 0.6) is 0 Å². The van der Waals surface area contributed by atoms with Crippen molar-refractivity contribution < 1.29 is 4.42 Å². The van der Waals surface area contributed by atoms with Crippen LogP contribution < -0.4 is 10.5 Å². The summed E-state index contributed by atoms with van der Waals surface area (Å²) in [6.45, 7) is 2.77. The van der Waals surface area contributed by atoms with Gasteiger partial charge in [0.15, 0.2) is 0 Å². The fourth-order valence-electron chi connectivity index (χ4n) is 3.75. The standard InChI is InChI=1S/C20H17N3O2/c1-12-10-13-6-2-4-8-15(13)23(12)11-17-21-18-14-7-3-5-9-16(14)25-19(18)20(24)22-17/h2-9,12H,10-11H2,1H3,(H,21,22,24)/t12-/m0/s1. The zero-order valence-electron chi connectivity index (χ0n) is 13.8. The quantitative estimate of drug-likeness (QED) is 0.609. The second kappa shape index (κ2) is 5.21. The van der Waals surface area contributed by atoms with Crippen LogP contribution in [0.4, 0.5) is 5.69 Å². The van der Waals surface area contributed by atoms with Crippen molar-refractivity contribution in [2.45, 2.75) is 25.9 Å². The first-order chi connectivity index (χ1) is 12.2. The van der Waals surface area contributed by atoms with E-state index in [1.807, 2.05) is 30.3 Å². The number of fused-ring (bicyclic) bond motifs is 4. The molecule has 0 saturated carbocycles. The summed E-state index contributed by atoms with van der Waals surface area (Å²) < 4.78 is 5.67. The number of H-pyrrole nitrogens is 1. The van der Waals surface area contributed by atoms with E-state index in [1.54, 1.807) is 0 Å². The number of aromatic nitrogens is 2. The van der Waals surface area contributed by atoms with E-state index in [2.05, 4.69) is 35.0 Å². The monoisotopic (exact) mass is 331 g/mol. The Morgan fingerprint density at radius 3 is 2.92 bits per heavy atom. The Bertz CT molecular complexity index is 1160. The van der Waals surface area contributed by atoms with Gasteiger partial charge in [0.1, 0.15) is 16.9 Å². The molecule has 1 N–H and O–H groups in total. The second-order valence-electron chi connectivity index (χ2n) is 6.60. The summed E-state index contributed by atoms with van der Waals surface area (Å²) in [6, 6.07) is 16.4. The van der Waals surface area contributed by atoms with Crippen molar-refractivity contribution >= 4 is 27.8 Å². The van der Waals surface area contributed by atoms with E-state index in [0.29, 0.717) is 35.1 Å². The lowest BCUT2D eigenvalue weighted by Crippen LogP contribution is -2.30. The topological polar surface area (TPSA) is 62.1 Å². The highest BCUT2D eigenvalue weighted by Crippen LogP contribution is 2.33. The fraction of sp³-hybridized carbons (Fsp3) is 0.200. The lowest BCUT2D eigenvalue weighted by atomic mass is 10.1. The summed E-state index contributed by atoms with van der Waals surface area (Å²) in [5.41, 5.74) is 3.94. The van der Waals surface area contributed by atoms with E-state index in [-0.39, 0.29) is 5.56 Å². The SMILES string of the molecule is C[C@H]1Cc2ccccc2N1Cc1nc2c(oc3ccccc32)c(=O)[nH]1. The number of nitrogens with one attached hydrogen (secondary N) is 1. The van der Waals surface area contributed by atoms with E-state index in [9.17, 15) is 4.79 Å². The van der Waals surface area contributed by atoms with Crippen molar-refractivity contribution in [3.63, 3.8) is 0 Å². The van der Waals surface area contributed by atoms with Crippen LogP contribution in [-0.2, 0) is 13.0 Å². The van der Waals surface area contributed by atoms with Gasteiger partial charge in [0.2, 0.25) is 5.58 Å². The number of aromatic amines is 1. The van der Waals surface area contributed by atoms with Gasteiger partial charge in [0.05, 0.1) is 6.54 Å². The van der Waals surface area contributed by atoms with Gasteiger partial charge in [0, 0.05) is 17.1 Å². The lowest BCUT2D eigenvalue weighted by Gasteiger charge is -2.24. The van der Waals surface area contributed by atoms with Crippen LogP contribution in [0.15, 0.2) is 57.7 Å². The zero-order chi connectivity index (χ0) is 17.0. The third kappa shape index (κ3) is 2.16. The predicted octanol–water partition coefficient (Wildman–Crippen LogP) is 3.62. The van der Waals surface area contributed by atoms with Gasteiger partial charge >= 0.3 is 0 Å². The average Bonchev–Trinajstić information content (AvgIpc) is 3.14. The number of para-hydroxylation sites is 2. The first-order valence-corrected chi connectivity index (χ1v) is 8.46. The van der Waals surface area contributed by atoms with Crippen molar-refractivity contribution in [1.29, 1.82) is 0 Å². The molecule has 0 saturated heterocycles. The molecule has 1 atom stereocenters. The van der Waals surface area contributed by atoms with Crippen molar-refractivity contribution in [3.05, 3.63) is 70.3 Å². The van der Waals surface area contributed by atoms with Gasteiger partial charge in [-0.3, -0.25) is 4.79 Å². The predicted molar refractivity (Wildman–Crippen MR) is 97.9 cm³/mol. The summed E-state index contributed by atoms with van der Waals surface area (Å²) in [6.07, 6.45) is 1.01. The largest absolute Gasteiger partial charge is 0.449 e. The Balaban J connectivity index is 1.62. The van der Waals surface area contributed by atoms with E-state index >= 15 is 0 Å². The van der Waals surface area contributed by atoms with E-state index in [1.165, 1.54) is 11.3 Å². The highest BCUT2D eigenvalue weighted by molar-refractivity contribution is 6.01. The molecule has 0 spiro atoms. The van der Waals surface area contributed by atoms with Gasteiger partial charge in [0.25, 0.3) is 5.56 Å². The second-order valence-corrected chi connectivity index (χ2v) is 6.60. The summed E-state index contributed by atoms with van der Waals surface area (Å²) >= 11 is 0. The molecule has 2 aromatic carbocycles. The minimum absolute atomic E-state index is 0.226. The van der Waals surface area contributed by atoms with Crippen LogP contribution in [0, 0.1) is 0 Å². The maximum Gasteiger partial charge on any atom is 0.294 e. The number of nitrogens with zero attached hydrogens (tertiary/aromatic N) is 2. The van der Waals surface area contributed by atoms with Crippen LogP contribution in [-0.4, -0.2) is 16.0 Å². The highest BCUT2D eigenvalue weighted by atomic mass is 16.3. The number of rotatable bonds is 2. The smallest absolute Gasteiger partial charge is 0.294 e.